The van der Waals surface area contributed by atoms with Crippen LogP contribution in [0.15, 0.2) is 77.7 Å². The van der Waals surface area contributed by atoms with E-state index in [0.29, 0.717) is 17.8 Å². The molecule has 0 fully saturated rings. The van der Waals surface area contributed by atoms with Crippen LogP contribution in [0.2, 0.25) is 0 Å². The first-order valence-corrected chi connectivity index (χ1v) is 11.2. The fraction of sp³-hybridized carbons (Fsp3) is 0.208. The first-order valence-electron chi connectivity index (χ1n) is 9.77. The van der Waals surface area contributed by atoms with Gasteiger partial charge in [0.15, 0.2) is 0 Å². The Balaban J connectivity index is 1.75. The van der Waals surface area contributed by atoms with Gasteiger partial charge in [-0.2, -0.15) is 0 Å². The molecule has 7 heteroatoms. The predicted octanol–water partition coefficient (Wildman–Crippen LogP) is 4.10. The quantitative estimate of drug-likeness (QED) is 0.557. The number of amides is 1. The molecule has 0 aromatic heterocycles. The van der Waals surface area contributed by atoms with Crippen molar-refractivity contribution in [2.24, 2.45) is 0 Å². The molecule has 0 aliphatic rings. The van der Waals surface area contributed by atoms with Crippen LogP contribution in [-0.4, -0.2) is 40.4 Å². The molecule has 3 aromatic rings. The van der Waals surface area contributed by atoms with Crippen LogP contribution in [0.4, 0.5) is 5.69 Å². The second-order valence-electron chi connectivity index (χ2n) is 7.31. The van der Waals surface area contributed by atoms with Gasteiger partial charge in [0.1, 0.15) is 5.75 Å². The van der Waals surface area contributed by atoms with Crippen molar-refractivity contribution in [2.45, 2.75) is 18.4 Å². The molecule has 0 saturated carbocycles. The average molecular weight is 439 g/mol. The molecule has 0 N–H and O–H groups in total. The summed E-state index contributed by atoms with van der Waals surface area (Å²) in [7, 11) is 1.13. The molecule has 162 valence electrons. The van der Waals surface area contributed by atoms with Crippen LogP contribution < -0.4 is 9.04 Å². The van der Waals surface area contributed by atoms with E-state index in [0.717, 1.165) is 16.9 Å². The molecule has 0 saturated heterocycles. The third-order valence-corrected chi connectivity index (χ3v) is 6.90. The molecule has 0 radical (unpaired) electrons. The van der Waals surface area contributed by atoms with E-state index in [1.54, 1.807) is 67.6 Å². The van der Waals surface area contributed by atoms with Crippen molar-refractivity contribution in [2.75, 3.05) is 25.5 Å². The lowest BCUT2D eigenvalue weighted by molar-refractivity contribution is 0.0784. The van der Waals surface area contributed by atoms with E-state index in [-0.39, 0.29) is 10.8 Å². The van der Waals surface area contributed by atoms with Crippen LogP contribution in [0, 0.1) is 6.92 Å². The normalized spacial score (nSPS) is 11.1. The zero-order valence-electron chi connectivity index (χ0n) is 18.1. The van der Waals surface area contributed by atoms with Gasteiger partial charge in [0.25, 0.3) is 15.9 Å². The van der Waals surface area contributed by atoms with E-state index >= 15 is 0 Å². The molecule has 0 spiro atoms. The maximum absolute atomic E-state index is 12.9. The number of carbonyl (C=O) groups is 1. The average Bonchev–Trinajstić information content (AvgIpc) is 2.78. The second kappa shape index (κ2) is 9.22. The predicted molar refractivity (Wildman–Crippen MR) is 122 cm³/mol. The summed E-state index contributed by atoms with van der Waals surface area (Å²) in [5.74, 6) is 0.557. The minimum Gasteiger partial charge on any atom is -0.496 e. The highest BCUT2D eigenvalue weighted by atomic mass is 32.2. The first-order chi connectivity index (χ1) is 14.7. The van der Waals surface area contributed by atoms with Crippen molar-refractivity contribution in [3.63, 3.8) is 0 Å². The summed E-state index contributed by atoms with van der Waals surface area (Å²) in [6.45, 7) is 2.30. The number of rotatable bonds is 7. The van der Waals surface area contributed by atoms with Crippen LogP contribution in [0.25, 0.3) is 0 Å². The largest absolute Gasteiger partial charge is 0.496 e. The Kier molecular flexibility index (Phi) is 6.65. The molecule has 0 atom stereocenters. The van der Waals surface area contributed by atoms with Crippen LogP contribution in [0.3, 0.4) is 0 Å². The molecule has 0 aliphatic heterocycles. The summed E-state index contributed by atoms with van der Waals surface area (Å²) >= 11 is 0. The van der Waals surface area contributed by atoms with Crippen molar-refractivity contribution in [3.05, 3.63) is 89.5 Å². The Morgan fingerprint density at radius 1 is 0.903 bits per heavy atom. The Hall–Kier alpha value is -3.32. The third-order valence-electron chi connectivity index (χ3n) is 5.10. The molecule has 1 amide bonds. The lowest BCUT2D eigenvalue weighted by atomic mass is 10.1. The maximum atomic E-state index is 12.9. The van der Waals surface area contributed by atoms with Crippen LogP contribution in [0.5, 0.6) is 5.75 Å². The Morgan fingerprint density at radius 2 is 1.52 bits per heavy atom. The zero-order chi connectivity index (χ0) is 22.6. The fourth-order valence-corrected chi connectivity index (χ4v) is 4.40. The van der Waals surface area contributed by atoms with Gasteiger partial charge in [0.2, 0.25) is 0 Å². The smallest absolute Gasteiger partial charge is 0.264 e. The Labute approximate surface area is 183 Å². The van der Waals surface area contributed by atoms with Crippen molar-refractivity contribution >= 4 is 21.6 Å². The highest BCUT2D eigenvalue weighted by molar-refractivity contribution is 7.92. The molecular weight excluding hydrogens is 412 g/mol. The van der Waals surface area contributed by atoms with Gasteiger partial charge in [-0.15, -0.1) is 0 Å². The van der Waals surface area contributed by atoms with Gasteiger partial charge in [0, 0.05) is 31.8 Å². The standard InChI is InChI=1S/C24H26N2O4S/c1-18-9-15-22(16-10-18)31(28,29)26(3)21-13-11-19(12-14-21)24(27)25(2)17-20-7-5-6-8-23(20)30-4/h5-16H,17H2,1-4H3. The molecule has 6 nitrogen and oxygen atoms in total. The summed E-state index contributed by atoms with van der Waals surface area (Å²) in [5.41, 5.74) is 2.84. The van der Waals surface area contributed by atoms with Crippen molar-refractivity contribution in [1.29, 1.82) is 0 Å². The number of methoxy groups -OCH3 is 1. The molecule has 31 heavy (non-hydrogen) atoms. The number of nitrogens with zero attached hydrogens (tertiary/aromatic N) is 2. The van der Waals surface area contributed by atoms with Crippen LogP contribution in [-0.2, 0) is 16.6 Å². The Bertz CT molecular complexity index is 1160. The van der Waals surface area contributed by atoms with E-state index < -0.39 is 10.0 Å². The second-order valence-corrected chi connectivity index (χ2v) is 9.27. The summed E-state index contributed by atoms with van der Waals surface area (Å²) in [6.07, 6.45) is 0. The number of para-hydroxylation sites is 1. The summed E-state index contributed by atoms with van der Waals surface area (Å²) in [6, 6.07) is 20.8. The lowest BCUT2D eigenvalue weighted by Crippen LogP contribution is -2.27. The number of anilines is 1. The number of hydrogen-bond donors (Lipinski definition) is 0. The first kappa shape index (κ1) is 22.4. The minimum absolute atomic E-state index is 0.165. The summed E-state index contributed by atoms with van der Waals surface area (Å²) < 4.78 is 32.3. The molecule has 3 rings (SSSR count). The van der Waals surface area contributed by atoms with E-state index in [1.165, 1.54) is 11.4 Å². The molecular formula is C24H26N2O4S. The molecule has 0 bridgehead atoms. The van der Waals surface area contributed by atoms with Crippen molar-refractivity contribution < 1.29 is 17.9 Å². The van der Waals surface area contributed by atoms with E-state index in [1.807, 2.05) is 31.2 Å². The lowest BCUT2D eigenvalue weighted by Gasteiger charge is -2.21. The SMILES string of the molecule is COc1ccccc1CN(C)C(=O)c1ccc(N(C)S(=O)(=O)c2ccc(C)cc2)cc1. The van der Waals surface area contributed by atoms with Gasteiger partial charge in [-0.3, -0.25) is 9.10 Å². The van der Waals surface area contributed by atoms with E-state index in [4.69, 9.17) is 4.74 Å². The minimum atomic E-state index is -3.68. The number of ether oxygens (including phenoxy) is 1. The maximum Gasteiger partial charge on any atom is 0.264 e. The molecule has 0 aliphatic carbocycles. The number of carbonyl (C=O) groups excluding carboxylic acids is 1. The highest BCUT2D eigenvalue weighted by Gasteiger charge is 2.22. The number of sulfonamides is 1. The van der Waals surface area contributed by atoms with Gasteiger partial charge in [-0.25, -0.2) is 8.42 Å². The van der Waals surface area contributed by atoms with Gasteiger partial charge in [-0.05, 0) is 49.4 Å². The van der Waals surface area contributed by atoms with Crippen molar-refractivity contribution in [3.8, 4) is 5.75 Å². The number of benzene rings is 3. The topological polar surface area (TPSA) is 66.9 Å². The number of hydrogen-bond acceptors (Lipinski definition) is 4. The van der Waals surface area contributed by atoms with Crippen LogP contribution in [0.1, 0.15) is 21.5 Å². The van der Waals surface area contributed by atoms with Gasteiger partial charge >= 0.3 is 0 Å². The fourth-order valence-electron chi connectivity index (χ4n) is 3.20. The summed E-state index contributed by atoms with van der Waals surface area (Å²) in [4.78, 5) is 14.6. The highest BCUT2D eigenvalue weighted by Crippen LogP contribution is 2.24. The monoisotopic (exact) mass is 438 g/mol. The third kappa shape index (κ3) is 4.88. The molecule has 3 aromatic carbocycles. The number of aryl methyl sites for hydroxylation is 1. The van der Waals surface area contributed by atoms with Gasteiger partial charge in [-0.1, -0.05) is 35.9 Å². The molecule has 0 unspecified atom stereocenters. The van der Waals surface area contributed by atoms with Gasteiger partial charge in [0.05, 0.1) is 17.7 Å². The Morgan fingerprint density at radius 3 is 2.13 bits per heavy atom. The summed E-state index contributed by atoms with van der Waals surface area (Å²) in [5, 5.41) is 0. The van der Waals surface area contributed by atoms with Crippen LogP contribution >= 0.6 is 0 Å². The van der Waals surface area contributed by atoms with Crippen molar-refractivity contribution in [1.82, 2.24) is 4.90 Å². The van der Waals surface area contributed by atoms with E-state index in [9.17, 15) is 13.2 Å². The zero-order valence-corrected chi connectivity index (χ0v) is 18.9. The molecule has 0 heterocycles. The van der Waals surface area contributed by atoms with Gasteiger partial charge < -0.3 is 9.64 Å². The van der Waals surface area contributed by atoms with E-state index in [2.05, 4.69) is 0 Å².